The van der Waals surface area contributed by atoms with E-state index in [0.717, 1.165) is 25.8 Å². The number of carbonyl (C=O) groups is 1. The van der Waals surface area contributed by atoms with Crippen molar-refractivity contribution in [3.05, 3.63) is 35.9 Å². The van der Waals surface area contributed by atoms with Crippen LogP contribution in [0.15, 0.2) is 30.3 Å². The Bertz CT molecular complexity index is 404. The number of benzene rings is 1. The van der Waals surface area contributed by atoms with Gasteiger partial charge in [-0.3, -0.25) is 9.69 Å². The molecule has 1 aliphatic rings. The van der Waals surface area contributed by atoms with Crippen molar-refractivity contribution in [1.29, 1.82) is 0 Å². The number of rotatable bonds is 4. The van der Waals surface area contributed by atoms with Gasteiger partial charge < -0.3 is 4.74 Å². The van der Waals surface area contributed by atoms with Crippen molar-refractivity contribution in [1.82, 2.24) is 4.90 Å². The van der Waals surface area contributed by atoms with E-state index < -0.39 is 0 Å². The van der Waals surface area contributed by atoms with Gasteiger partial charge in [0.25, 0.3) is 0 Å². The Labute approximate surface area is 115 Å². The summed E-state index contributed by atoms with van der Waals surface area (Å²) in [4.78, 5) is 13.5. The van der Waals surface area contributed by atoms with Crippen LogP contribution in [0.3, 0.4) is 0 Å². The van der Waals surface area contributed by atoms with Crippen molar-refractivity contribution in [2.75, 3.05) is 7.05 Å². The topological polar surface area (TPSA) is 29.5 Å². The van der Waals surface area contributed by atoms with Gasteiger partial charge in [-0.2, -0.15) is 0 Å². The molecule has 0 unspecified atom stereocenters. The molecule has 1 fully saturated rings. The summed E-state index contributed by atoms with van der Waals surface area (Å²) >= 11 is 0. The summed E-state index contributed by atoms with van der Waals surface area (Å²) in [5, 5.41) is 0. The highest BCUT2D eigenvalue weighted by Crippen LogP contribution is 2.26. The molecule has 2 rings (SSSR count). The first-order chi connectivity index (χ1) is 9.16. The Hall–Kier alpha value is -1.35. The van der Waals surface area contributed by atoms with Gasteiger partial charge in [-0.05, 0) is 31.9 Å². The Balaban J connectivity index is 1.98. The lowest BCUT2D eigenvalue weighted by Crippen LogP contribution is -2.44. The Morgan fingerprint density at radius 2 is 1.95 bits per heavy atom. The largest absolute Gasteiger partial charge is 0.461 e. The highest BCUT2D eigenvalue weighted by molar-refractivity contribution is 5.66. The summed E-state index contributed by atoms with van der Waals surface area (Å²) in [7, 11) is 2.12. The zero-order valence-electron chi connectivity index (χ0n) is 11.8. The predicted octanol–water partition coefficient (Wildman–Crippen LogP) is 2.99. The molecule has 1 aromatic rings. The van der Waals surface area contributed by atoms with Gasteiger partial charge in [-0.15, -0.1) is 0 Å². The summed E-state index contributed by atoms with van der Waals surface area (Å²) in [6, 6.07) is 10.8. The van der Waals surface area contributed by atoms with Gasteiger partial charge in [0.1, 0.15) is 6.10 Å². The minimum absolute atomic E-state index is 0.0555. The fraction of sp³-hybridized carbons (Fsp3) is 0.562. The number of likely N-dealkylation sites (N-methyl/N-ethyl adjacent to an activating group) is 1. The molecule has 3 heteroatoms. The van der Waals surface area contributed by atoms with E-state index in [0.29, 0.717) is 6.04 Å². The first-order valence-electron chi connectivity index (χ1n) is 7.08. The van der Waals surface area contributed by atoms with E-state index in [2.05, 4.69) is 36.2 Å². The monoisotopic (exact) mass is 261 g/mol. The molecule has 3 nitrogen and oxygen atoms in total. The minimum atomic E-state index is -0.162. The average Bonchev–Trinajstić information content (AvgIpc) is 2.39. The molecule has 0 spiro atoms. The lowest BCUT2D eigenvalue weighted by Gasteiger charge is -2.37. The Morgan fingerprint density at radius 3 is 2.63 bits per heavy atom. The smallest absolute Gasteiger partial charge is 0.302 e. The van der Waals surface area contributed by atoms with Crippen molar-refractivity contribution in [2.45, 2.75) is 51.3 Å². The molecule has 0 saturated heterocycles. The maximum atomic E-state index is 11.2. The van der Waals surface area contributed by atoms with Crippen LogP contribution < -0.4 is 0 Å². The van der Waals surface area contributed by atoms with Crippen molar-refractivity contribution < 1.29 is 9.53 Å². The maximum absolute atomic E-state index is 11.2. The maximum Gasteiger partial charge on any atom is 0.302 e. The van der Waals surface area contributed by atoms with Crippen LogP contribution in [0.25, 0.3) is 0 Å². The average molecular weight is 261 g/mol. The van der Waals surface area contributed by atoms with E-state index in [1.165, 1.54) is 18.9 Å². The van der Waals surface area contributed by atoms with Crippen molar-refractivity contribution >= 4 is 5.97 Å². The molecule has 1 aliphatic carbocycles. The molecule has 0 N–H and O–H groups in total. The lowest BCUT2D eigenvalue weighted by molar-refractivity contribution is -0.151. The normalized spacial score (nSPS) is 23.3. The van der Waals surface area contributed by atoms with Gasteiger partial charge in [-0.1, -0.05) is 36.8 Å². The van der Waals surface area contributed by atoms with Crippen LogP contribution >= 0.6 is 0 Å². The first-order valence-corrected chi connectivity index (χ1v) is 7.08. The van der Waals surface area contributed by atoms with Crippen LogP contribution in [-0.4, -0.2) is 30.1 Å². The summed E-state index contributed by atoms with van der Waals surface area (Å²) < 4.78 is 5.48. The standard InChI is InChI=1S/C16H23NO2/c1-13(18)19-16-11-7-6-10-15(16)17(2)12-14-8-4-3-5-9-14/h3-5,8-9,15-16H,6-7,10-12H2,1-2H3/t15-,16-/m1/s1. The van der Waals surface area contributed by atoms with Crippen LogP contribution in [0, 0.1) is 0 Å². The molecule has 0 bridgehead atoms. The highest BCUT2D eigenvalue weighted by Gasteiger charge is 2.30. The van der Waals surface area contributed by atoms with Gasteiger partial charge in [0.05, 0.1) is 0 Å². The van der Waals surface area contributed by atoms with Gasteiger partial charge in [0, 0.05) is 19.5 Å². The fourth-order valence-electron chi connectivity index (χ4n) is 2.92. The molecule has 0 radical (unpaired) electrons. The fourth-order valence-corrected chi connectivity index (χ4v) is 2.92. The third kappa shape index (κ3) is 4.06. The van der Waals surface area contributed by atoms with Gasteiger partial charge in [0.2, 0.25) is 0 Å². The molecule has 0 heterocycles. The highest BCUT2D eigenvalue weighted by atomic mass is 16.5. The van der Waals surface area contributed by atoms with E-state index in [1.807, 2.05) is 6.07 Å². The third-order valence-corrected chi connectivity index (χ3v) is 3.83. The van der Waals surface area contributed by atoms with E-state index in [1.54, 1.807) is 0 Å². The predicted molar refractivity (Wildman–Crippen MR) is 75.7 cm³/mol. The molecule has 0 amide bonds. The van der Waals surface area contributed by atoms with Crippen LogP contribution in [0.4, 0.5) is 0 Å². The van der Waals surface area contributed by atoms with Crippen LogP contribution in [0.5, 0.6) is 0 Å². The second-order valence-electron chi connectivity index (χ2n) is 5.40. The number of ether oxygens (including phenoxy) is 1. The molecule has 104 valence electrons. The van der Waals surface area contributed by atoms with Crippen molar-refractivity contribution in [3.8, 4) is 0 Å². The first kappa shape index (κ1) is 14.1. The number of hydrogen-bond acceptors (Lipinski definition) is 3. The molecular formula is C16H23NO2. The number of carbonyl (C=O) groups excluding carboxylic acids is 1. The summed E-state index contributed by atoms with van der Waals surface area (Å²) in [5.74, 6) is -0.162. The van der Waals surface area contributed by atoms with Crippen LogP contribution in [0.1, 0.15) is 38.2 Å². The van der Waals surface area contributed by atoms with Crippen molar-refractivity contribution in [3.63, 3.8) is 0 Å². The second kappa shape index (κ2) is 6.71. The number of nitrogens with zero attached hydrogens (tertiary/aromatic N) is 1. The zero-order valence-corrected chi connectivity index (χ0v) is 11.8. The van der Waals surface area contributed by atoms with E-state index in [9.17, 15) is 4.79 Å². The van der Waals surface area contributed by atoms with Crippen LogP contribution in [-0.2, 0) is 16.1 Å². The van der Waals surface area contributed by atoms with Gasteiger partial charge >= 0.3 is 5.97 Å². The Morgan fingerprint density at radius 1 is 1.26 bits per heavy atom. The SMILES string of the molecule is CC(=O)O[C@@H]1CCCC[C@H]1N(C)Cc1ccccc1. The summed E-state index contributed by atoms with van der Waals surface area (Å²) in [5.41, 5.74) is 1.30. The molecule has 1 aromatic carbocycles. The van der Waals surface area contributed by atoms with E-state index >= 15 is 0 Å². The molecule has 1 saturated carbocycles. The minimum Gasteiger partial charge on any atom is -0.461 e. The van der Waals surface area contributed by atoms with E-state index in [-0.39, 0.29) is 12.1 Å². The molecule has 0 aliphatic heterocycles. The van der Waals surface area contributed by atoms with E-state index in [4.69, 9.17) is 4.74 Å². The van der Waals surface area contributed by atoms with Gasteiger partial charge in [0.15, 0.2) is 0 Å². The molecule has 19 heavy (non-hydrogen) atoms. The molecule has 2 atom stereocenters. The van der Waals surface area contributed by atoms with Crippen LogP contribution in [0.2, 0.25) is 0 Å². The summed E-state index contributed by atoms with van der Waals surface area (Å²) in [6.07, 6.45) is 4.54. The number of hydrogen-bond donors (Lipinski definition) is 0. The zero-order chi connectivity index (χ0) is 13.7. The number of esters is 1. The second-order valence-corrected chi connectivity index (χ2v) is 5.40. The van der Waals surface area contributed by atoms with Gasteiger partial charge in [-0.25, -0.2) is 0 Å². The van der Waals surface area contributed by atoms with Crippen molar-refractivity contribution in [2.24, 2.45) is 0 Å². The third-order valence-electron chi connectivity index (χ3n) is 3.83. The summed E-state index contributed by atoms with van der Waals surface area (Å²) in [6.45, 7) is 2.41. The molecular weight excluding hydrogens is 238 g/mol. The lowest BCUT2D eigenvalue weighted by atomic mass is 9.91. The molecule has 0 aromatic heterocycles. The Kier molecular flexibility index (Phi) is 4.97. The quantitative estimate of drug-likeness (QED) is 0.780.